The molecule has 8 atom stereocenters. The Hall–Kier alpha value is -0.560. The molecule has 0 amide bonds. The van der Waals surface area contributed by atoms with E-state index in [0.29, 0.717) is 23.4 Å². The molecule has 3 saturated carbocycles. The van der Waals surface area contributed by atoms with Gasteiger partial charge in [-0.3, -0.25) is 0 Å². The van der Waals surface area contributed by atoms with E-state index in [0.717, 1.165) is 36.0 Å². The van der Waals surface area contributed by atoms with Gasteiger partial charge in [0, 0.05) is 6.61 Å². The van der Waals surface area contributed by atoms with Crippen molar-refractivity contribution < 1.29 is 5.11 Å². The van der Waals surface area contributed by atoms with Crippen LogP contribution in [0, 0.1) is 46.3 Å². The summed E-state index contributed by atoms with van der Waals surface area (Å²) in [6, 6.07) is 0. The van der Waals surface area contributed by atoms with Crippen LogP contribution in [0.5, 0.6) is 0 Å². The highest BCUT2D eigenvalue weighted by atomic mass is 16.3. The lowest BCUT2D eigenvalue weighted by molar-refractivity contribution is -0.0501. The molecule has 0 heterocycles. The quantitative estimate of drug-likeness (QED) is 0.421. The highest BCUT2D eigenvalue weighted by Crippen LogP contribution is 2.67. The molecule has 0 saturated heterocycles. The normalized spacial score (nSPS) is 42.5. The van der Waals surface area contributed by atoms with Gasteiger partial charge in [-0.25, -0.2) is 0 Å². The number of aliphatic hydroxyl groups excluding tert-OH is 1. The van der Waals surface area contributed by atoms with Crippen molar-refractivity contribution in [2.24, 2.45) is 46.3 Å². The SMILES string of the molecule is C=C(C)[C@H](CCO)CC[C@@H](C)[C@H]1CC[C@H]2[C@@H]3CC=C4CCCC[C@]4(C)[C@H]3CC[C@]12C. The Labute approximate surface area is 186 Å². The molecule has 3 fully saturated rings. The van der Waals surface area contributed by atoms with Crippen molar-refractivity contribution in [1.29, 1.82) is 0 Å². The van der Waals surface area contributed by atoms with E-state index < -0.39 is 0 Å². The summed E-state index contributed by atoms with van der Waals surface area (Å²) in [4.78, 5) is 0. The summed E-state index contributed by atoms with van der Waals surface area (Å²) in [6.07, 6.45) is 19.1. The Bertz CT molecular complexity index is 661. The van der Waals surface area contributed by atoms with E-state index in [2.05, 4.69) is 40.3 Å². The highest BCUT2D eigenvalue weighted by Gasteiger charge is 2.58. The molecule has 170 valence electrons. The van der Waals surface area contributed by atoms with Gasteiger partial charge in [-0.2, -0.15) is 0 Å². The second kappa shape index (κ2) is 8.76. The maximum Gasteiger partial charge on any atom is 0.0436 e. The molecular formula is C29H48O. The summed E-state index contributed by atoms with van der Waals surface area (Å²) in [5.41, 5.74) is 4.20. The van der Waals surface area contributed by atoms with Crippen LogP contribution in [-0.4, -0.2) is 11.7 Å². The van der Waals surface area contributed by atoms with Gasteiger partial charge in [0.1, 0.15) is 0 Å². The van der Waals surface area contributed by atoms with Crippen molar-refractivity contribution in [1.82, 2.24) is 0 Å². The molecule has 1 nitrogen and oxygen atoms in total. The van der Waals surface area contributed by atoms with E-state index in [-0.39, 0.29) is 0 Å². The molecule has 4 rings (SSSR count). The molecule has 0 aromatic carbocycles. The van der Waals surface area contributed by atoms with Gasteiger partial charge >= 0.3 is 0 Å². The van der Waals surface area contributed by atoms with Crippen molar-refractivity contribution in [3.05, 3.63) is 23.8 Å². The van der Waals surface area contributed by atoms with Gasteiger partial charge in [-0.15, -0.1) is 0 Å². The van der Waals surface area contributed by atoms with E-state index in [1.165, 1.54) is 76.2 Å². The summed E-state index contributed by atoms with van der Waals surface area (Å²) >= 11 is 0. The molecule has 4 aliphatic rings. The van der Waals surface area contributed by atoms with Gasteiger partial charge in [-0.1, -0.05) is 51.0 Å². The number of allylic oxidation sites excluding steroid dienone is 3. The zero-order valence-corrected chi connectivity index (χ0v) is 20.4. The van der Waals surface area contributed by atoms with Crippen LogP contribution < -0.4 is 0 Å². The average molecular weight is 413 g/mol. The van der Waals surface area contributed by atoms with E-state index in [1.54, 1.807) is 0 Å². The fourth-order valence-corrected chi connectivity index (χ4v) is 9.13. The van der Waals surface area contributed by atoms with Crippen molar-refractivity contribution >= 4 is 0 Å². The van der Waals surface area contributed by atoms with E-state index in [4.69, 9.17) is 0 Å². The molecule has 0 radical (unpaired) electrons. The van der Waals surface area contributed by atoms with Crippen molar-refractivity contribution in [3.8, 4) is 0 Å². The molecule has 1 heteroatoms. The minimum atomic E-state index is 0.298. The second-order valence-corrected chi connectivity index (χ2v) is 12.3. The van der Waals surface area contributed by atoms with E-state index in [1.807, 2.05) is 5.57 Å². The molecular weight excluding hydrogens is 364 g/mol. The molecule has 0 aliphatic heterocycles. The maximum atomic E-state index is 9.43. The third kappa shape index (κ3) is 3.76. The zero-order valence-electron chi connectivity index (χ0n) is 20.4. The van der Waals surface area contributed by atoms with Crippen LogP contribution in [0.1, 0.15) is 105 Å². The van der Waals surface area contributed by atoms with Gasteiger partial charge in [0.25, 0.3) is 0 Å². The van der Waals surface area contributed by atoms with Crippen molar-refractivity contribution in [2.75, 3.05) is 6.61 Å². The first-order chi connectivity index (χ1) is 14.3. The lowest BCUT2D eigenvalue weighted by Crippen LogP contribution is -2.50. The van der Waals surface area contributed by atoms with Crippen LogP contribution in [0.25, 0.3) is 0 Å². The number of hydrogen-bond donors (Lipinski definition) is 1. The van der Waals surface area contributed by atoms with Crippen molar-refractivity contribution in [3.63, 3.8) is 0 Å². The van der Waals surface area contributed by atoms with Crippen LogP contribution in [0.2, 0.25) is 0 Å². The Morgan fingerprint density at radius 2 is 1.90 bits per heavy atom. The number of rotatable bonds is 7. The van der Waals surface area contributed by atoms with Gasteiger partial charge < -0.3 is 5.11 Å². The monoisotopic (exact) mass is 412 g/mol. The third-order valence-electron chi connectivity index (χ3n) is 10.9. The zero-order chi connectivity index (χ0) is 21.5. The minimum Gasteiger partial charge on any atom is -0.396 e. The number of fused-ring (bicyclic) bond motifs is 5. The van der Waals surface area contributed by atoms with Gasteiger partial charge in [0.15, 0.2) is 0 Å². The topological polar surface area (TPSA) is 20.2 Å². The Balaban J connectivity index is 1.46. The van der Waals surface area contributed by atoms with Crippen LogP contribution in [0.3, 0.4) is 0 Å². The van der Waals surface area contributed by atoms with Crippen molar-refractivity contribution in [2.45, 2.75) is 105 Å². The first kappa shape index (κ1) is 22.6. The Morgan fingerprint density at radius 3 is 2.63 bits per heavy atom. The van der Waals surface area contributed by atoms with Gasteiger partial charge in [0.2, 0.25) is 0 Å². The predicted octanol–water partition coefficient (Wildman–Crippen LogP) is 7.95. The van der Waals surface area contributed by atoms with Gasteiger partial charge in [0.05, 0.1) is 0 Å². The van der Waals surface area contributed by atoms with E-state index >= 15 is 0 Å². The molecule has 0 aromatic heterocycles. The summed E-state index contributed by atoms with van der Waals surface area (Å²) < 4.78 is 0. The molecule has 0 bridgehead atoms. The number of hydrogen-bond acceptors (Lipinski definition) is 1. The molecule has 30 heavy (non-hydrogen) atoms. The van der Waals surface area contributed by atoms with Crippen LogP contribution in [0.15, 0.2) is 23.8 Å². The summed E-state index contributed by atoms with van der Waals surface area (Å²) in [5.74, 6) is 5.07. The van der Waals surface area contributed by atoms with Crippen LogP contribution in [-0.2, 0) is 0 Å². The summed E-state index contributed by atoms with van der Waals surface area (Å²) in [5, 5.41) is 9.43. The van der Waals surface area contributed by atoms with Gasteiger partial charge in [-0.05, 0) is 124 Å². The molecule has 4 aliphatic carbocycles. The maximum absolute atomic E-state index is 9.43. The minimum absolute atomic E-state index is 0.298. The molecule has 0 unspecified atom stereocenters. The number of aliphatic hydroxyl groups is 1. The molecule has 0 spiro atoms. The second-order valence-electron chi connectivity index (χ2n) is 12.3. The lowest BCUT2D eigenvalue weighted by atomic mass is 9.47. The Morgan fingerprint density at radius 1 is 1.10 bits per heavy atom. The average Bonchev–Trinajstić information content (AvgIpc) is 3.07. The van der Waals surface area contributed by atoms with Crippen LogP contribution >= 0.6 is 0 Å². The smallest absolute Gasteiger partial charge is 0.0436 e. The fraction of sp³-hybridized carbons (Fsp3) is 0.862. The summed E-state index contributed by atoms with van der Waals surface area (Å²) in [7, 11) is 0. The molecule has 0 aromatic rings. The van der Waals surface area contributed by atoms with Crippen LogP contribution in [0.4, 0.5) is 0 Å². The first-order valence-electron chi connectivity index (χ1n) is 13.3. The first-order valence-corrected chi connectivity index (χ1v) is 13.3. The third-order valence-corrected chi connectivity index (χ3v) is 10.9. The largest absolute Gasteiger partial charge is 0.396 e. The predicted molar refractivity (Wildman–Crippen MR) is 128 cm³/mol. The molecule has 1 N–H and O–H groups in total. The highest BCUT2D eigenvalue weighted by molar-refractivity contribution is 5.24. The fourth-order valence-electron chi connectivity index (χ4n) is 9.13. The standard InChI is InChI=1S/C29H48O/c1-20(2)22(16-19-30)10-9-21(3)25-13-14-26-24-12-11-23-8-6-7-17-28(23,4)27(24)15-18-29(25,26)5/h11,21-22,24-27,30H,1,6-10,12-19H2,2-5H3/t21-,22+,24+,25-,26+,27+,28+,29-/m1/s1. The van der Waals surface area contributed by atoms with E-state index in [9.17, 15) is 5.11 Å². The Kier molecular flexibility index (Phi) is 6.61. The lowest BCUT2D eigenvalue weighted by Gasteiger charge is -2.58. The summed E-state index contributed by atoms with van der Waals surface area (Å²) in [6.45, 7) is 14.5.